The topological polar surface area (TPSA) is 9.23 Å². The Morgan fingerprint density at radius 1 is 1.13 bits per heavy atom. The molecule has 1 nitrogen and oxygen atoms in total. The van der Waals surface area contributed by atoms with Gasteiger partial charge in [-0.3, -0.25) is 0 Å². The Morgan fingerprint density at radius 2 is 1.87 bits per heavy atom. The molecule has 1 unspecified atom stereocenters. The highest BCUT2D eigenvalue weighted by Gasteiger charge is 1.97. The van der Waals surface area contributed by atoms with Gasteiger partial charge in [0.25, 0.3) is 0 Å². The van der Waals surface area contributed by atoms with E-state index in [2.05, 4.69) is 44.2 Å². The summed E-state index contributed by atoms with van der Waals surface area (Å²) in [6, 6.07) is 10.6. The molecule has 1 aromatic rings. The molecule has 1 rings (SSSR count). The summed E-state index contributed by atoms with van der Waals surface area (Å²) in [5.41, 5.74) is 1.43. The van der Waals surface area contributed by atoms with Crippen molar-refractivity contribution in [3.8, 4) is 0 Å². The number of benzene rings is 1. The monoisotopic (exact) mass is 206 g/mol. The van der Waals surface area contributed by atoms with Crippen molar-refractivity contribution in [1.29, 1.82) is 0 Å². The second kappa shape index (κ2) is 7.47. The molecule has 0 aromatic heterocycles. The van der Waals surface area contributed by atoms with Crippen LogP contribution >= 0.6 is 0 Å². The first-order valence-corrected chi connectivity index (χ1v) is 5.98. The minimum atomic E-state index is 0.418. The molecule has 0 bridgehead atoms. The summed E-state index contributed by atoms with van der Waals surface area (Å²) >= 11 is 0. The highest BCUT2D eigenvalue weighted by atomic mass is 16.5. The second-order valence-corrected chi connectivity index (χ2v) is 4.03. The van der Waals surface area contributed by atoms with Crippen LogP contribution in [0, 0.1) is 0 Å². The molecule has 1 aromatic carbocycles. The van der Waals surface area contributed by atoms with Crippen molar-refractivity contribution < 1.29 is 4.74 Å². The number of ether oxygens (including phenoxy) is 1. The highest BCUT2D eigenvalue weighted by Crippen LogP contribution is 2.05. The van der Waals surface area contributed by atoms with Crippen LogP contribution in [-0.2, 0) is 11.2 Å². The molecule has 0 N–H and O–H groups in total. The zero-order valence-corrected chi connectivity index (χ0v) is 9.91. The van der Waals surface area contributed by atoms with E-state index < -0.39 is 0 Å². The van der Waals surface area contributed by atoms with Crippen molar-refractivity contribution in [2.75, 3.05) is 6.61 Å². The van der Waals surface area contributed by atoms with Gasteiger partial charge in [0.1, 0.15) is 0 Å². The number of hydrogen-bond donors (Lipinski definition) is 0. The summed E-state index contributed by atoms with van der Waals surface area (Å²) < 4.78 is 5.63. The predicted molar refractivity (Wildman–Crippen MR) is 65.1 cm³/mol. The lowest BCUT2D eigenvalue weighted by Crippen LogP contribution is -2.07. The van der Waals surface area contributed by atoms with Gasteiger partial charge in [-0.05, 0) is 38.2 Å². The van der Waals surface area contributed by atoms with Crippen molar-refractivity contribution in [3.05, 3.63) is 35.9 Å². The molecule has 0 fully saturated rings. The fourth-order valence-corrected chi connectivity index (χ4v) is 1.48. The van der Waals surface area contributed by atoms with Crippen molar-refractivity contribution in [2.45, 2.75) is 45.6 Å². The lowest BCUT2D eigenvalue weighted by atomic mass is 10.1. The summed E-state index contributed by atoms with van der Waals surface area (Å²) in [5.74, 6) is 0. The smallest absolute Gasteiger partial charge is 0.0544 e. The number of hydrogen-bond acceptors (Lipinski definition) is 1. The lowest BCUT2D eigenvalue weighted by molar-refractivity contribution is 0.0611. The van der Waals surface area contributed by atoms with Crippen molar-refractivity contribution in [2.24, 2.45) is 0 Å². The van der Waals surface area contributed by atoms with Gasteiger partial charge in [0, 0.05) is 6.61 Å². The molecule has 15 heavy (non-hydrogen) atoms. The first-order chi connectivity index (χ1) is 7.33. The van der Waals surface area contributed by atoms with Crippen molar-refractivity contribution in [1.82, 2.24) is 0 Å². The zero-order valence-electron chi connectivity index (χ0n) is 9.91. The SMILES string of the molecule is CCC(C)OCCCCc1ccccc1. The molecular weight excluding hydrogens is 184 g/mol. The number of aryl methyl sites for hydroxylation is 1. The Hall–Kier alpha value is -0.820. The first-order valence-electron chi connectivity index (χ1n) is 5.98. The average molecular weight is 206 g/mol. The quantitative estimate of drug-likeness (QED) is 0.616. The zero-order chi connectivity index (χ0) is 10.9. The van der Waals surface area contributed by atoms with Gasteiger partial charge in [0.2, 0.25) is 0 Å². The number of rotatable bonds is 7. The van der Waals surface area contributed by atoms with Gasteiger partial charge in [-0.2, -0.15) is 0 Å². The van der Waals surface area contributed by atoms with E-state index in [0.29, 0.717) is 6.10 Å². The van der Waals surface area contributed by atoms with Gasteiger partial charge in [-0.25, -0.2) is 0 Å². The third-order valence-electron chi connectivity index (χ3n) is 2.68. The van der Waals surface area contributed by atoms with Gasteiger partial charge < -0.3 is 4.74 Å². The Labute approximate surface area is 93.5 Å². The Balaban J connectivity index is 2.03. The van der Waals surface area contributed by atoms with Gasteiger partial charge in [-0.1, -0.05) is 37.3 Å². The highest BCUT2D eigenvalue weighted by molar-refractivity contribution is 5.14. The molecule has 0 aliphatic carbocycles. The molecule has 0 aliphatic rings. The van der Waals surface area contributed by atoms with Gasteiger partial charge in [0.05, 0.1) is 6.10 Å². The van der Waals surface area contributed by atoms with E-state index >= 15 is 0 Å². The molecule has 0 saturated carbocycles. The molecule has 0 amide bonds. The largest absolute Gasteiger partial charge is 0.379 e. The van der Waals surface area contributed by atoms with E-state index in [0.717, 1.165) is 13.0 Å². The molecule has 1 atom stereocenters. The van der Waals surface area contributed by atoms with E-state index in [1.807, 2.05) is 0 Å². The average Bonchev–Trinajstić information content (AvgIpc) is 2.29. The maximum absolute atomic E-state index is 5.63. The summed E-state index contributed by atoms with van der Waals surface area (Å²) in [6.45, 7) is 5.20. The normalized spacial score (nSPS) is 12.7. The van der Waals surface area contributed by atoms with Crippen LogP contribution in [0.5, 0.6) is 0 Å². The molecule has 84 valence electrons. The van der Waals surface area contributed by atoms with E-state index in [-0.39, 0.29) is 0 Å². The third kappa shape index (κ3) is 5.58. The minimum Gasteiger partial charge on any atom is -0.379 e. The van der Waals surface area contributed by atoms with Crippen LogP contribution in [0.15, 0.2) is 30.3 Å². The molecule has 0 saturated heterocycles. The van der Waals surface area contributed by atoms with Crippen molar-refractivity contribution >= 4 is 0 Å². The second-order valence-electron chi connectivity index (χ2n) is 4.03. The van der Waals surface area contributed by atoms with Crippen LogP contribution in [0.3, 0.4) is 0 Å². The molecule has 0 radical (unpaired) electrons. The van der Waals surface area contributed by atoms with Crippen LogP contribution in [0.4, 0.5) is 0 Å². The van der Waals surface area contributed by atoms with E-state index in [9.17, 15) is 0 Å². The maximum atomic E-state index is 5.63. The maximum Gasteiger partial charge on any atom is 0.0544 e. The third-order valence-corrected chi connectivity index (χ3v) is 2.68. The van der Waals surface area contributed by atoms with Crippen LogP contribution in [0.25, 0.3) is 0 Å². The molecule has 0 spiro atoms. The summed E-state index contributed by atoms with van der Waals surface area (Å²) in [7, 11) is 0. The Bertz CT molecular complexity index is 243. The fraction of sp³-hybridized carbons (Fsp3) is 0.571. The standard InChI is InChI=1S/C14H22O/c1-3-13(2)15-12-8-7-11-14-9-5-4-6-10-14/h4-6,9-10,13H,3,7-8,11-12H2,1-2H3. The van der Waals surface area contributed by atoms with Crippen LogP contribution < -0.4 is 0 Å². The van der Waals surface area contributed by atoms with Crippen LogP contribution in [-0.4, -0.2) is 12.7 Å². The number of unbranched alkanes of at least 4 members (excludes halogenated alkanes) is 1. The summed E-state index contributed by atoms with van der Waals surface area (Å²) in [6.07, 6.45) is 5.09. The van der Waals surface area contributed by atoms with E-state index in [1.165, 1.54) is 24.8 Å². The Kier molecular flexibility index (Phi) is 6.10. The molecular formula is C14H22O. The van der Waals surface area contributed by atoms with Crippen molar-refractivity contribution in [3.63, 3.8) is 0 Å². The lowest BCUT2D eigenvalue weighted by Gasteiger charge is -2.09. The van der Waals surface area contributed by atoms with Crippen LogP contribution in [0.2, 0.25) is 0 Å². The fourth-order valence-electron chi connectivity index (χ4n) is 1.48. The molecule has 0 aliphatic heterocycles. The van der Waals surface area contributed by atoms with Gasteiger partial charge in [0.15, 0.2) is 0 Å². The summed E-state index contributed by atoms with van der Waals surface area (Å²) in [4.78, 5) is 0. The molecule has 1 heteroatoms. The predicted octanol–water partition coefficient (Wildman–Crippen LogP) is 3.82. The first kappa shape index (κ1) is 12.3. The van der Waals surface area contributed by atoms with E-state index in [1.54, 1.807) is 0 Å². The van der Waals surface area contributed by atoms with Gasteiger partial charge in [-0.15, -0.1) is 0 Å². The van der Waals surface area contributed by atoms with Crippen LogP contribution in [0.1, 0.15) is 38.7 Å². The minimum absolute atomic E-state index is 0.418. The van der Waals surface area contributed by atoms with Gasteiger partial charge >= 0.3 is 0 Å². The van der Waals surface area contributed by atoms with E-state index in [4.69, 9.17) is 4.74 Å². The summed E-state index contributed by atoms with van der Waals surface area (Å²) in [5, 5.41) is 0. The Morgan fingerprint density at radius 3 is 2.53 bits per heavy atom. The molecule has 0 heterocycles.